The number of alkyl halides is 3. The average Bonchev–Trinajstić information content (AvgIpc) is 2.60. The van der Waals surface area contributed by atoms with E-state index in [4.69, 9.17) is 39.9 Å². The number of carboxylic acid groups (broad SMARTS) is 1. The number of nitrogens with zero attached hydrogens (tertiary/aromatic N) is 1. The zero-order valence-electron chi connectivity index (χ0n) is 8.59. The van der Waals surface area contributed by atoms with Gasteiger partial charge in [-0.25, -0.2) is 9.78 Å². The third-order valence-corrected chi connectivity index (χ3v) is 2.83. The number of benzene rings is 1. The Morgan fingerprint density at radius 1 is 1.41 bits per heavy atom. The summed E-state index contributed by atoms with van der Waals surface area (Å²) in [6.45, 7) is 1.75. The lowest BCUT2D eigenvalue weighted by atomic mass is 10.1. The summed E-state index contributed by atoms with van der Waals surface area (Å²) in [6.07, 6.45) is 0. The molecule has 0 fully saturated rings. The Hall–Kier alpha value is -0.970. The van der Waals surface area contributed by atoms with Crippen LogP contribution in [0.2, 0.25) is 0 Å². The van der Waals surface area contributed by atoms with E-state index >= 15 is 0 Å². The Kier molecular flexibility index (Phi) is 2.97. The highest BCUT2D eigenvalue weighted by Gasteiger charge is 2.27. The Labute approximate surface area is 112 Å². The lowest BCUT2D eigenvalue weighted by Crippen LogP contribution is -2.02. The third-order valence-electron chi connectivity index (χ3n) is 2.29. The molecular weight excluding hydrogens is 286 g/mol. The standard InChI is InChI=1S/C10H7Cl3N2O2/c1-4-2-5(8(16)17)3-6-7(4)15-9(14-6)10(11,12)13/h2-3H,1H3,(H,14,15)(H,16,17). The molecule has 2 N–H and O–H groups in total. The molecule has 7 heteroatoms. The highest BCUT2D eigenvalue weighted by molar-refractivity contribution is 6.66. The average molecular weight is 294 g/mol. The van der Waals surface area contributed by atoms with Gasteiger partial charge in [-0.1, -0.05) is 34.8 Å². The number of carbonyl (C=O) groups is 1. The number of aromatic nitrogens is 2. The number of aromatic amines is 1. The Morgan fingerprint density at radius 3 is 2.59 bits per heavy atom. The van der Waals surface area contributed by atoms with Crippen molar-refractivity contribution in [2.75, 3.05) is 0 Å². The van der Waals surface area contributed by atoms with Crippen LogP contribution in [-0.2, 0) is 3.79 Å². The third kappa shape index (κ3) is 2.34. The second-order valence-corrected chi connectivity index (χ2v) is 5.86. The molecule has 1 heterocycles. The summed E-state index contributed by atoms with van der Waals surface area (Å²) in [5.74, 6) is -0.844. The highest BCUT2D eigenvalue weighted by atomic mass is 35.6. The SMILES string of the molecule is Cc1cc(C(=O)O)cc2[nH]c(C(Cl)(Cl)Cl)nc12. The maximum atomic E-state index is 10.9. The van der Waals surface area contributed by atoms with Crippen LogP contribution in [0.25, 0.3) is 11.0 Å². The largest absolute Gasteiger partial charge is 0.478 e. The van der Waals surface area contributed by atoms with E-state index < -0.39 is 9.76 Å². The number of aryl methyl sites for hydroxylation is 1. The number of halogens is 3. The van der Waals surface area contributed by atoms with Gasteiger partial charge in [-0.3, -0.25) is 0 Å². The molecule has 0 bridgehead atoms. The quantitative estimate of drug-likeness (QED) is 0.792. The fraction of sp³-hybridized carbons (Fsp3) is 0.200. The molecular formula is C10H7Cl3N2O2. The molecule has 0 saturated heterocycles. The number of H-pyrrole nitrogens is 1. The van der Waals surface area contributed by atoms with Crippen LogP contribution in [-0.4, -0.2) is 21.0 Å². The van der Waals surface area contributed by atoms with Crippen molar-refractivity contribution in [1.29, 1.82) is 0 Å². The lowest BCUT2D eigenvalue weighted by Gasteiger charge is -2.04. The molecule has 0 spiro atoms. The molecule has 0 atom stereocenters. The minimum atomic E-state index is -1.66. The molecule has 0 saturated carbocycles. The van der Waals surface area contributed by atoms with Gasteiger partial charge in [0.1, 0.15) is 0 Å². The van der Waals surface area contributed by atoms with E-state index in [2.05, 4.69) is 9.97 Å². The molecule has 0 radical (unpaired) electrons. The van der Waals surface area contributed by atoms with E-state index in [-0.39, 0.29) is 11.4 Å². The maximum Gasteiger partial charge on any atom is 0.335 e. The van der Waals surface area contributed by atoms with Crippen LogP contribution < -0.4 is 0 Å². The summed E-state index contributed by atoms with van der Waals surface area (Å²) in [7, 11) is 0. The summed E-state index contributed by atoms with van der Waals surface area (Å²) >= 11 is 17.1. The van der Waals surface area contributed by atoms with Crippen molar-refractivity contribution in [2.24, 2.45) is 0 Å². The van der Waals surface area contributed by atoms with Crippen molar-refractivity contribution in [3.8, 4) is 0 Å². The van der Waals surface area contributed by atoms with Gasteiger partial charge in [0.05, 0.1) is 16.6 Å². The first-order valence-corrected chi connectivity index (χ1v) is 5.73. The van der Waals surface area contributed by atoms with Crippen LogP contribution >= 0.6 is 34.8 Å². The van der Waals surface area contributed by atoms with Crippen LogP contribution in [0.3, 0.4) is 0 Å². The number of hydrogen-bond acceptors (Lipinski definition) is 2. The molecule has 2 rings (SSSR count). The van der Waals surface area contributed by atoms with Crippen molar-refractivity contribution in [3.05, 3.63) is 29.1 Å². The summed E-state index contributed by atoms with van der Waals surface area (Å²) in [5.41, 5.74) is 1.99. The number of rotatable bonds is 1. The van der Waals surface area contributed by atoms with Gasteiger partial charge in [0.2, 0.25) is 3.79 Å². The van der Waals surface area contributed by atoms with E-state index in [0.29, 0.717) is 16.6 Å². The van der Waals surface area contributed by atoms with Gasteiger partial charge in [0, 0.05) is 0 Å². The molecule has 1 aromatic heterocycles. The van der Waals surface area contributed by atoms with E-state index in [0.717, 1.165) is 0 Å². The van der Waals surface area contributed by atoms with E-state index in [1.54, 1.807) is 6.92 Å². The van der Waals surface area contributed by atoms with E-state index in [9.17, 15) is 4.79 Å². The van der Waals surface area contributed by atoms with Gasteiger partial charge in [-0.15, -0.1) is 0 Å². The molecule has 0 amide bonds. The zero-order chi connectivity index (χ0) is 12.8. The normalized spacial score (nSPS) is 12.0. The van der Waals surface area contributed by atoms with Gasteiger partial charge < -0.3 is 10.1 Å². The van der Waals surface area contributed by atoms with Crippen LogP contribution in [0.1, 0.15) is 21.7 Å². The second kappa shape index (κ2) is 4.05. The van der Waals surface area contributed by atoms with E-state index in [1.165, 1.54) is 12.1 Å². The van der Waals surface area contributed by atoms with Crippen LogP contribution in [0.4, 0.5) is 0 Å². The molecule has 90 valence electrons. The van der Waals surface area contributed by atoms with E-state index in [1.807, 2.05) is 0 Å². The first kappa shape index (κ1) is 12.5. The Morgan fingerprint density at radius 2 is 2.06 bits per heavy atom. The van der Waals surface area contributed by atoms with Crippen molar-refractivity contribution in [2.45, 2.75) is 10.7 Å². The van der Waals surface area contributed by atoms with Gasteiger partial charge in [0.15, 0.2) is 5.82 Å². The van der Waals surface area contributed by atoms with Gasteiger partial charge in [0.25, 0.3) is 0 Å². The van der Waals surface area contributed by atoms with Crippen molar-refractivity contribution in [1.82, 2.24) is 9.97 Å². The number of fused-ring (bicyclic) bond motifs is 1. The molecule has 0 aliphatic heterocycles. The summed E-state index contributed by atoms with van der Waals surface area (Å²) in [4.78, 5) is 17.8. The van der Waals surface area contributed by atoms with Crippen molar-refractivity contribution >= 4 is 51.8 Å². The molecule has 4 nitrogen and oxygen atoms in total. The molecule has 2 aromatic rings. The molecule has 0 aliphatic rings. The number of aromatic carboxylic acids is 1. The van der Waals surface area contributed by atoms with Gasteiger partial charge in [-0.05, 0) is 24.6 Å². The summed E-state index contributed by atoms with van der Waals surface area (Å²) < 4.78 is -1.66. The molecule has 0 unspecified atom stereocenters. The monoisotopic (exact) mass is 292 g/mol. The Balaban J connectivity index is 2.69. The van der Waals surface area contributed by atoms with Gasteiger partial charge >= 0.3 is 5.97 Å². The topological polar surface area (TPSA) is 66.0 Å². The fourth-order valence-electron chi connectivity index (χ4n) is 1.55. The summed E-state index contributed by atoms with van der Waals surface area (Å²) in [6, 6.07) is 2.98. The number of hydrogen-bond donors (Lipinski definition) is 2. The first-order chi connectivity index (χ1) is 7.79. The molecule has 1 aromatic carbocycles. The zero-order valence-corrected chi connectivity index (χ0v) is 10.9. The fourth-order valence-corrected chi connectivity index (χ4v) is 1.82. The highest BCUT2D eigenvalue weighted by Crippen LogP contribution is 2.37. The smallest absolute Gasteiger partial charge is 0.335 e. The first-order valence-electron chi connectivity index (χ1n) is 4.60. The molecule has 0 aliphatic carbocycles. The lowest BCUT2D eigenvalue weighted by molar-refractivity contribution is 0.0697. The maximum absolute atomic E-state index is 10.9. The second-order valence-electron chi connectivity index (χ2n) is 3.58. The predicted octanol–water partition coefficient (Wildman–Crippen LogP) is 3.40. The van der Waals surface area contributed by atoms with Crippen LogP contribution in [0, 0.1) is 6.92 Å². The van der Waals surface area contributed by atoms with Crippen molar-refractivity contribution in [3.63, 3.8) is 0 Å². The minimum Gasteiger partial charge on any atom is -0.478 e. The Bertz CT molecular complexity index is 601. The number of nitrogens with one attached hydrogen (secondary N) is 1. The predicted molar refractivity (Wildman–Crippen MR) is 67.0 cm³/mol. The van der Waals surface area contributed by atoms with Crippen LogP contribution in [0.15, 0.2) is 12.1 Å². The molecule has 17 heavy (non-hydrogen) atoms. The minimum absolute atomic E-state index is 0.162. The van der Waals surface area contributed by atoms with Crippen LogP contribution in [0.5, 0.6) is 0 Å². The number of carboxylic acids is 1. The van der Waals surface area contributed by atoms with Gasteiger partial charge in [-0.2, -0.15) is 0 Å². The summed E-state index contributed by atoms with van der Waals surface area (Å²) in [5, 5.41) is 8.92. The van der Waals surface area contributed by atoms with Crippen molar-refractivity contribution < 1.29 is 9.90 Å². The number of imidazole rings is 1.